The van der Waals surface area contributed by atoms with Crippen molar-refractivity contribution in [1.29, 1.82) is 0 Å². The topological polar surface area (TPSA) is 41.6 Å². The average molecular weight is 224 g/mol. The van der Waals surface area contributed by atoms with E-state index < -0.39 is 0 Å². The maximum absolute atomic E-state index is 4.17. The third-order valence-electron chi connectivity index (χ3n) is 2.93. The molecule has 2 aromatic rings. The average Bonchev–Trinajstić information content (AvgIpc) is 3.10. The van der Waals surface area contributed by atoms with Crippen LogP contribution in [0.1, 0.15) is 43.0 Å². The second kappa shape index (κ2) is 4.21. The van der Waals surface area contributed by atoms with Gasteiger partial charge in [-0.1, -0.05) is 12.8 Å². The summed E-state index contributed by atoms with van der Waals surface area (Å²) >= 11 is 0. The summed E-state index contributed by atoms with van der Waals surface area (Å²) < 4.78 is 0. The van der Waals surface area contributed by atoms with Crippen LogP contribution in [0.25, 0.3) is 11.0 Å². The Bertz CT molecular complexity index is 597. The zero-order valence-electron chi connectivity index (χ0n) is 9.66. The summed E-state index contributed by atoms with van der Waals surface area (Å²) in [4.78, 5) is 3.32. The van der Waals surface area contributed by atoms with Crippen LogP contribution in [0.3, 0.4) is 0 Å². The normalized spacial score (nSPS) is 14.6. The van der Waals surface area contributed by atoms with Gasteiger partial charge in [0.1, 0.15) is 5.69 Å². The van der Waals surface area contributed by atoms with Crippen LogP contribution < -0.4 is 0 Å². The van der Waals surface area contributed by atoms with Gasteiger partial charge in [0, 0.05) is 17.5 Å². The highest BCUT2D eigenvalue weighted by molar-refractivity contribution is 5.77. The van der Waals surface area contributed by atoms with Gasteiger partial charge in [0.05, 0.1) is 0 Å². The zero-order valence-corrected chi connectivity index (χ0v) is 9.66. The highest BCUT2D eigenvalue weighted by Gasteiger charge is 2.25. The SMILES string of the molecule is [CH2]CCC#Cc1cc2cc(C3CC3)[nH]c2nn1. The first-order valence-electron chi connectivity index (χ1n) is 6.01. The lowest BCUT2D eigenvalue weighted by Crippen LogP contribution is -1.87. The molecule has 0 unspecified atom stereocenters. The molecule has 0 atom stereocenters. The molecule has 1 saturated carbocycles. The molecule has 1 N–H and O–H groups in total. The fraction of sp³-hybridized carbons (Fsp3) is 0.357. The van der Waals surface area contributed by atoms with Crippen molar-refractivity contribution in [2.75, 3.05) is 0 Å². The summed E-state index contributed by atoms with van der Waals surface area (Å²) in [6.45, 7) is 3.75. The fourth-order valence-corrected chi connectivity index (χ4v) is 1.87. The second-order valence-corrected chi connectivity index (χ2v) is 4.44. The van der Waals surface area contributed by atoms with Crippen LogP contribution in [-0.2, 0) is 0 Å². The molecule has 0 saturated heterocycles. The Morgan fingerprint density at radius 2 is 2.24 bits per heavy atom. The Hall–Kier alpha value is -1.82. The first kappa shape index (κ1) is 10.3. The van der Waals surface area contributed by atoms with Crippen molar-refractivity contribution >= 4 is 11.0 Å². The molecule has 0 amide bonds. The van der Waals surface area contributed by atoms with E-state index in [2.05, 4.69) is 40.0 Å². The predicted octanol–water partition coefficient (Wildman–Crippen LogP) is 2.80. The van der Waals surface area contributed by atoms with Crippen molar-refractivity contribution in [2.24, 2.45) is 0 Å². The van der Waals surface area contributed by atoms with Gasteiger partial charge in [0.15, 0.2) is 5.65 Å². The van der Waals surface area contributed by atoms with Crippen LogP contribution in [0.15, 0.2) is 12.1 Å². The number of fused-ring (bicyclic) bond motifs is 1. The van der Waals surface area contributed by atoms with E-state index in [-0.39, 0.29) is 0 Å². The molecule has 0 aromatic carbocycles. The molecule has 0 bridgehead atoms. The quantitative estimate of drug-likeness (QED) is 0.797. The third-order valence-corrected chi connectivity index (χ3v) is 2.93. The number of hydrogen-bond acceptors (Lipinski definition) is 2. The minimum Gasteiger partial charge on any atom is -0.342 e. The zero-order chi connectivity index (χ0) is 11.7. The standard InChI is InChI=1S/C14H14N3/c1-2-3-4-5-12-8-11-9-13(10-6-7-10)15-14(11)17-16-12/h8-10H,1-3,6-7H2,(H,15,17). The monoisotopic (exact) mass is 224 g/mol. The lowest BCUT2D eigenvalue weighted by molar-refractivity contribution is 1.01. The van der Waals surface area contributed by atoms with E-state index in [9.17, 15) is 0 Å². The van der Waals surface area contributed by atoms with Crippen molar-refractivity contribution in [3.63, 3.8) is 0 Å². The van der Waals surface area contributed by atoms with Crippen LogP contribution >= 0.6 is 0 Å². The van der Waals surface area contributed by atoms with E-state index in [0.29, 0.717) is 5.92 Å². The van der Waals surface area contributed by atoms with Crippen molar-refractivity contribution in [3.05, 3.63) is 30.4 Å². The van der Waals surface area contributed by atoms with Gasteiger partial charge >= 0.3 is 0 Å². The number of hydrogen-bond donors (Lipinski definition) is 1. The van der Waals surface area contributed by atoms with Gasteiger partial charge in [-0.2, -0.15) is 0 Å². The van der Waals surface area contributed by atoms with Crippen molar-refractivity contribution in [2.45, 2.75) is 31.6 Å². The van der Waals surface area contributed by atoms with Gasteiger partial charge in [0.25, 0.3) is 0 Å². The largest absolute Gasteiger partial charge is 0.342 e. The Morgan fingerprint density at radius 1 is 1.35 bits per heavy atom. The number of rotatable bonds is 2. The molecule has 0 spiro atoms. The molecule has 2 heterocycles. The van der Waals surface area contributed by atoms with Gasteiger partial charge in [-0.25, -0.2) is 0 Å². The van der Waals surface area contributed by atoms with Gasteiger partial charge in [0.2, 0.25) is 0 Å². The number of nitrogens with zero attached hydrogens (tertiary/aromatic N) is 2. The summed E-state index contributed by atoms with van der Waals surface area (Å²) in [7, 11) is 0. The fourth-order valence-electron chi connectivity index (χ4n) is 1.87. The summed E-state index contributed by atoms with van der Waals surface area (Å²) in [5.74, 6) is 6.76. The Balaban J connectivity index is 1.92. The first-order valence-corrected chi connectivity index (χ1v) is 6.01. The summed E-state index contributed by atoms with van der Waals surface area (Å²) in [5.41, 5.74) is 2.90. The maximum Gasteiger partial charge on any atom is 0.160 e. The molecular weight excluding hydrogens is 210 g/mol. The van der Waals surface area contributed by atoms with Crippen LogP contribution in [0.4, 0.5) is 0 Å². The number of aromatic amines is 1. The number of unbranched alkanes of at least 4 members (excludes halogenated alkanes) is 1. The van der Waals surface area contributed by atoms with Crippen molar-refractivity contribution in [3.8, 4) is 11.8 Å². The van der Waals surface area contributed by atoms with E-state index in [1.165, 1.54) is 18.5 Å². The van der Waals surface area contributed by atoms with Gasteiger partial charge in [-0.3, -0.25) is 0 Å². The summed E-state index contributed by atoms with van der Waals surface area (Å²) in [6.07, 6.45) is 4.21. The Morgan fingerprint density at radius 3 is 3.00 bits per heavy atom. The molecule has 3 nitrogen and oxygen atoms in total. The molecule has 3 heteroatoms. The molecule has 1 fully saturated rings. The minimum absolute atomic E-state index is 0.713. The summed E-state index contributed by atoms with van der Waals surface area (Å²) in [6, 6.07) is 4.18. The van der Waals surface area contributed by atoms with E-state index in [1.807, 2.05) is 6.07 Å². The molecule has 1 aliphatic rings. The van der Waals surface area contributed by atoms with Crippen LogP contribution in [0.2, 0.25) is 0 Å². The minimum atomic E-state index is 0.713. The highest BCUT2D eigenvalue weighted by Crippen LogP contribution is 2.40. The maximum atomic E-state index is 4.17. The summed E-state index contributed by atoms with van der Waals surface area (Å²) in [5, 5.41) is 9.38. The van der Waals surface area contributed by atoms with Crippen LogP contribution in [-0.4, -0.2) is 15.2 Å². The van der Waals surface area contributed by atoms with Crippen molar-refractivity contribution in [1.82, 2.24) is 15.2 Å². The predicted molar refractivity (Wildman–Crippen MR) is 67.3 cm³/mol. The van der Waals surface area contributed by atoms with E-state index >= 15 is 0 Å². The first-order chi connectivity index (χ1) is 8.36. The third kappa shape index (κ3) is 2.16. The smallest absolute Gasteiger partial charge is 0.160 e. The molecule has 0 aliphatic heterocycles. The second-order valence-electron chi connectivity index (χ2n) is 4.44. The van der Waals surface area contributed by atoms with Crippen molar-refractivity contribution < 1.29 is 0 Å². The van der Waals surface area contributed by atoms with E-state index in [4.69, 9.17) is 0 Å². The van der Waals surface area contributed by atoms with Gasteiger partial charge in [-0.15, -0.1) is 10.2 Å². The number of H-pyrrole nitrogens is 1. The van der Waals surface area contributed by atoms with Gasteiger partial charge < -0.3 is 4.98 Å². The molecule has 1 radical (unpaired) electrons. The molecule has 17 heavy (non-hydrogen) atoms. The molecule has 2 aromatic heterocycles. The number of nitrogens with one attached hydrogen (secondary N) is 1. The van der Waals surface area contributed by atoms with E-state index in [0.717, 1.165) is 29.6 Å². The highest BCUT2D eigenvalue weighted by atomic mass is 15.1. The Labute approximate surface area is 101 Å². The van der Waals surface area contributed by atoms with E-state index in [1.54, 1.807) is 0 Å². The van der Waals surface area contributed by atoms with Crippen LogP contribution in [0, 0.1) is 18.8 Å². The molecule has 1 aliphatic carbocycles. The molecule has 85 valence electrons. The Kier molecular flexibility index (Phi) is 2.56. The lowest BCUT2D eigenvalue weighted by Gasteiger charge is -1.89. The van der Waals surface area contributed by atoms with Crippen LogP contribution in [0.5, 0.6) is 0 Å². The number of aromatic nitrogens is 3. The van der Waals surface area contributed by atoms with Gasteiger partial charge in [-0.05, 0) is 43.2 Å². The lowest BCUT2D eigenvalue weighted by atomic mass is 10.2. The molecule has 3 rings (SSSR count). The molecular formula is C14H14N3.